The average molecular weight is 201 g/mol. The maximum absolute atomic E-state index is 8.99. The maximum Gasteiger partial charge on any atom is 0.0696 e. The third-order valence-corrected chi connectivity index (χ3v) is 2.69. The molecule has 0 saturated heterocycles. The molecule has 0 saturated carbocycles. The predicted molar refractivity (Wildman–Crippen MR) is 60.6 cm³/mol. The molecule has 15 heavy (non-hydrogen) atoms. The largest absolute Gasteiger partial charge is 0.392 e. The molecule has 2 heteroatoms. The third-order valence-electron chi connectivity index (χ3n) is 2.69. The van der Waals surface area contributed by atoms with Gasteiger partial charge in [-0.1, -0.05) is 30.3 Å². The standard InChI is InChI=1S/C13H15NO/c1-11(13-5-3-2-4-6-13)14-8-7-12(9-14)10-15/h2-9,11,15H,10H2,1H3/t11-/m0/s1. The lowest BCUT2D eigenvalue weighted by Crippen LogP contribution is -2.03. The van der Waals surface area contributed by atoms with E-state index in [1.165, 1.54) is 5.56 Å². The summed E-state index contributed by atoms with van der Waals surface area (Å²) in [5.41, 5.74) is 2.23. The van der Waals surface area contributed by atoms with Crippen LogP contribution in [0.25, 0.3) is 0 Å². The first-order chi connectivity index (χ1) is 7.31. The fourth-order valence-electron chi connectivity index (χ4n) is 1.70. The number of hydrogen-bond acceptors (Lipinski definition) is 1. The van der Waals surface area contributed by atoms with Gasteiger partial charge in [0.25, 0.3) is 0 Å². The van der Waals surface area contributed by atoms with Crippen LogP contribution in [-0.4, -0.2) is 9.67 Å². The second kappa shape index (κ2) is 4.32. The zero-order valence-electron chi connectivity index (χ0n) is 8.80. The van der Waals surface area contributed by atoms with Crippen molar-refractivity contribution in [3.05, 3.63) is 59.9 Å². The molecular formula is C13H15NO. The van der Waals surface area contributed by atoms with Crippen LogP contribution in [0.5, 0.6) is 0 Å². The number of nitrogens with zero attached hydrogens (tertiary/aromatic N) is 1. The summed E-state index contributed by atoms with van der Waals surface area (Å²) in [5.74, 6) is 0. The number of rotatable bonds is 3. The van der Waals surface area contributed by atoms with Gasteiger partial charge in [-0.15, -0.1) is 0 Å². The van der Waals surface area contributed by atoms with Crippen LogP contribution in [0.15, 0.2) is 48.8 Å². The van der Waals surface area contributed by atoms with Crippen molar-refractivity contribution in [3.63, 3.8) is 0 Å². The SMILES string of the molecule is C[C@@H](c1ccccc1)n1ccc(CO)c1. The van der Waals surface area contributed by atoms with Gasteiger partial charge in [0, 0.05) is 12.4 Å². The van der Waals surface area contributed by atoms with E-state index in [0.717, 1.165) is 5.56 Å². The van der Waals surface area contributed by atoms with Crippen LogP contribution >= 0.6 is 0 Å². The number of benzene rings is 1. The fraction of sp³-hybridized carbons (Fsp3) is 0.231. The molecule has 0 aliphatic carbocycles. The zero-order chi connectivity index (χ0) is 10.7. The van der Waals surface area contributed by atoms with E-state index in [-0.39, 0.29) is 6.61 Å². The summed E-state index contributed by atoms with van der Waals surface area (Å²) >= 11 is 0. The Balaban J connectivity index is 2.24. The van der Waals surface area contributed by atoms with Crippen molar-refractivity contribution >= 4 is 0 Å². The Morgan fingerprint density at radius 3 is 2.53 bits per heavy atom. The van der Waals surface area contributed by atoms with Crippen molar-refractivity contribution in [2.45, 2.75) is 19.6 Å². The van der Waals surface area contributed by atoms with Gasteiger partial charge in [-0.05, 0) is 24.1 Å². The fourth-order valence-corrected chi connectivity index (χ4v) is 1.70. The lowest BCUT2D eigenvalue weighted by Gasteiger charge is -2.13. The van der Waals surface area contributed by atoms with E-state index in [2.05, 4.69) is 23.6 Å². The van der Waals surface area contributed by atoms with Crippen LogP contribution < -0.4 is 0 Å². The molecule has 78 valence electrons. The van der Waals surface area contributed by atoms with E-state index in [1.807, 2.05) is 36.7 Å². The molecule has 1 N–H and O–H groups in total. The predicted octanol–water partition coefficient (Wildman–Crippen LogP) is 2.59. The summed E-state index contributed by atoms with van der Waals surface area (Å²) in [4.78, 5) is 0. The quantitative estimate of drug-likeness (QED) is 0.811. The highest BCUT2D eigenvalue weighted by atomic mass is 16.3. The topological polar surface area (TPSA) is 25.2 Å². The Hall–Kier alpha value is -1.54. The lowest BCUT2D eigenvalue weighted by molar-refractivity contribution is 0.281. The van der Waals surface area contributed by atoms with Gasteiger partial charge in [0.05, 0.1) is 12.6 Å². The molecule has 0 amide bonds. The van der Waals surface area contributed by atoms with E-state index >= 15 is 0 Å². The minimum atomic E-state index is 0.106. The molecule has 1 aromatic carbocycles. The molecule has 0 unspecified atom stereocenters. The first-order valence-electron chi connectivity index (χ1n) is 5.13. The van der Waals surface area contributed by atoms with Gasteiger partial charge >= 0.3 is 0 Å². The second-order valence-electron chi connectivity index (χ2n) is 3.71. The van der Waals surface area contributed by atoms with E-state index in [9.17, 15) is 0 Å². The summed E-state index contributed by atoms with van der Waals surface area (Å²) in [6.07, 6.45) is 3.99. The summed E-state index contributed by atoms with van der Waals surface area (Å²) < 4.78 is 2.11. The Morgan fingerprint density at radius 1 is 1.20 bits per heavy atom. The van der Waals surface area contributed by atoms with E-state index < -0.39 is 0 Å². The van der Waals surface area contributed by atoms with Crippen LogP contribution in [0.3, 0.4) is 0 Å². The molecule has 0 spiro atoms. The van der Waals surface area contributed by atoms with Crippen LogP contribution in [0.1, 0.15) is 24.1 Å². The highest BCUT2D eigenvalue weighted by molar-refractivity contribution is 5.21. The van der Waals surface area contributed by atoms with E-state index in [4.69, 9.17) is 5.11 Å². The maximum atomic E-state index is 8.99. The Labute approximate surface area is 89.8 Å². The number of aliphatic hydroxyl groups is 1. The molecule has 2 rings (SSSR count). The highest BCUT2D eigenvalue weighted by Crippen LogP contribution is 2.18. The summed E-state index contributed by atoms with van der Waals surface area (Å²) in [5, 5.41) is 8.99. The number of hydrogen-bond donors (Lipinski definition) is 1. The molecular weight excluding hydrogens is 186 g/mol. The molecule has 0 bridgehead atoms. The second-order valence-corrected chi connectivity index (χ2v) is 3.71. The van der Waals surface area contributed by atoms with E-state index in [1.54, 1.807) is 0 Å². The Kier molecular flexibility index (Phi) is 2.88. The Bertz CT molecular complexity index is 419. The highest BCUT2D eigenvalue weighted by Gasteiger charge is 2.06. The Morgan fingerprint density at radius 2 is 1.93 bits per heavy atom. The van der Waals surface area contributed by atoms with Gasteiger partial charge in [0.15, 0.2) is 0 Å². The molecule has 1 heterocycles. The molecule has 1 aromatic heterocycles. The average Bonchev–Trinajstić information content (AvgIpc) is 2.78. The van der Waals surface area contributed by atoms with Crippen molar-refractivity contribution < 1.29 is 5.11 Å². The van der Waals surface area contributed by atoms with Crippen molar-refractivity contribution in [1.29, 1.82) is 0 Å². The van der Waals surface area contributed by atoms with Crippen LogP contribution in [0.2, 0.25) is 0 Å². The minimum Gasteiger partial charge on any atom is -0.392 e. The van der Waals surface area contributed by atoms with Crippen LogP contribution in [0, 0.1) is 0 Å². The lowest BCUT2D eigenvalue weighted by atomic mass is 10.1. The van der Waals surface area contributed by atoms with Crippen molar-refractivity contribution in [2.24, 2.45) is 0 Å². The molecule has 0 aliphatic heterocycles. The first kappa shape index (κ1) is 9.99. The number of aliphatic hydroxyl groups excluding tert-OH is 1. The monoisotopic (exact) mass is 201 g/mol. The van der Waals surface area contributed by atoms with Crippen LogP contribution in [0.4, 0.5) is 0 Å². The van der Waals surface area contributed by atoms with Gasteiger partial charge in [-0.3, -0.25) is 0 Å². The van der Waals surface area contributed by atoms with Gasteiger partial charge in [-0.2, -0.15) is 0 Å². The summed E-state index contributed by atoms with van der Waals surface area (Å²) in [7, 11) is 0. The van der Waals surface area contributed by atoms with Crippen molar-refractivity contribution in [2.75, 3.05) is 0 Å². The summed E-state index contributed by atoms with van der Waals surface area (Å²) in [6.45, 7) is 2.25. The molecule has 1 atom stereocenters. The molecule has 0 fully saturated rings. The van der Waals surface area contributed by atoms with Crippen molar-refractivity contribution in [1.82, 2.24) is 4.57 Å². The minimum absolute atomic E-state index is 0.106. The van der Waals surface area contributed by atoms with Gasteiger partial charge < -0.3 is 9.67 Å². The molecule has 2 nitrogen and oxygen atoms in total. The van der Waals surface area contributed by atoms with Gasteiger partial charge in [0.2, 0.25) is 0 Å². The van der Waals surface area contributed by atoms with E-state index in [0.29, 0.717) is 6.04 Å². The smallest absolute Gasteiger partial charge is 0.0696 e. The molecule has 2 aromatic rings. The number of aromatic nitrogens is 1. The first-order valence-corrected chi connectivity index (χ1v) is 5.13. The molecule has 0 aliphatic rings. The third kappa shape index (κ3) is 2.10. The van der Waals surface area contributed by atoms with Crippen molar-refractivity contribution in [3.8, 4) is 0 Å². The van der Waals surface area contributed by atoms with Gasteiger partial charge in [-0.25, -0.2) is 0 Å². The van der Waals surface area contributed by atoms with Crippen LogP contribution in [-0.2, 0) is 6.61 Å². The summed E-state index contributed by atoms with van der Waals surface area (Å²) in [6, 6.07) is 12.6. The zero-order valence-corrected chi connectivity index (χ0v) is 8.80. The normalized spacial score (nSPS) is 12.7. The van der Waals surface area contributed by atoms with Gasteiger partial charge in [0.1, 0.15) is 0 Å². The molecule has 0 radical (unpaired) electrons.